The summed E-state index contributed by atoms with van der Waals surface area (Å²) in [5, 5.41) is 11.6. The van der Waals surface area contributed by atoms with Crippen LogP contribution in [0.1, 0.15) is 43.7 Å². The van der Waals surface area contributed by atoms with E-state index in [-0.39, 0.29) is 5.91 Å². The van der Waals surface area contributed by atoms with Gasteiger partial charge < -0.3 is 15.0 Å². The van der Waals surface area contributed by atoms with E-state index in [1.165, 1.54) is 5.56 Å². The second kappa shape index (κ2) is 6.36. The third-order valence-electron chi connectivity index (χ3n) is 5.10. The number of aromatic nitrogens is 1. The first-order valence-corrected chi connectivity index (χ1v) is 8.56. The summed E-state index contributed by atoms with van der Waals surface area (Å²) in [6.45, 7) is 2.57. The highest BCUT2D eigenvalue weighted by Gasteiger charge is 2.33. The van der Waals surface area contributed by atoms with Crippen molar-refractivity contribution in [2.45, 2.75) is 51.0 Å². The van der Waals surface area contributed by atoms with Crippen LogP contribution < -0.4 is 0 Å². The van der Waals surface area contributed by atoms with Crippen molar-refractivity contribution in [3.8, 4) is 0 Å². The number of carbonyl (C=O) groups excluding carboxylic acids is 1. The Balaban J connectivity index is 1.72. The number of nitrogens with zero attached hydrogens (tertiary/aromatic N) is 1. The van der Waals surface area contributed by atoms with Crippen LogP contribution in [0.3, 0.4) is 0 Å². The van der Waals surface area contributed by atoms with Crippen LogP contribution in [-0.4, -0.2) is 40.1 Å². The molecule has 1 amide bonds. The molecule has 0 atom stereocenters. The first kappa shape index (κ1) is 16.1. The molecule has 1 saturated carbocycles. The third kappa shape index (κ3) is 3.27. The number of fused-ring (bicyclic) bond motifs is 1. The summed E-state index contributed by atoms with van der Waals surface area (Å²) in [6, 6.07) is 6.23. The molecule has 4 heteroatoms. The minimum absolute atomic E-state index is 0.0631. The van der Waals surface area contributed by atoms with Gasteiger partial charge in [-0.25, -0.2) is 0 Å². The summed E-state index contributed by atoms with van der Waals surface area (Å²) in [7, 11) is 1.80. The lowest BCUT2D eigenvalue weighted by atomic mass is 10.0. The maximum Gasteiger partial charge on any atom is 0.226 e. The van der Waals surface area contributed by atoms with E-state index in [1.807, 2.05) is 12.3 Å². The van der Waals surface area contributed by atoms with Gasteiger partial charge in [-0.2, -0.15) is 0 Å². The largest absolute Gasteiger partial charge is 0.388 e. The summed E-state index contributed by atoms with van der Waals surface area (Å²) in [4.78, 5) is 17.5. The minimum atomic E-state index is -0.681. The number of benzene rings is 1. The van der Waals surface area contributed by atoms with Crippen LogP contribution in [-0.2, 0) is 17.6 Å². The van der Waals surface area contributed by atoms with Gasteiger partial charge in [0.2, 0.25) is 5.91 Å². The molecule has 0 bridgehead atoms. The lowest BCUT2D eigenvalue weighted by molar-refractivity contribution is -0.132. The van der Waals surface area contributed by atoms with Crippen LogP contribution >= 0.6 is 0 Å². The van der Waals surface area contributed by atoms with Crippen molar-refractivity contribution in [2.75, 3.05) is 13.6 Å². The van der Waals surface area contributed by atoms with Gasteiger partial charge in [0.15, 0.2) is 0 Å². The number of para-hydroxylation sites is 1. The molecule has 3 rings (SSSR count). The highest BCUT2D eigenvalue weighted by atomic mass is 16.3. The number of hydrogen-bond donors (Lipinski definition) is 2. The van der Waals surface area contributed by atoms with E-state index in [2.05, 4.69) is 24.0 Å². The molecule has 124 valence electrons. The molecule has 1 aliphatic carbocycles. The molecule has 1 heterocycles. The highest BCUT2D eigenvalue weighted by molar-refractivity contribution is 5.90. The molecule has 1 fully saturated rings. The van der Waals surface area contributed by atoms with Crippen LogP contribution in [0.2, 0.25) is 0 Å². The van der Waals surface area contributed by atoms with Gasteiger partial charge >= 0.3 is 0 Å². The van der Waals surface area contributed by atoms with Crippen molar-refractivity contribution in [1.82, 2.24) is 9.88 Å². The number of aryl methyl sites for hydroxylation is 1. The van der Waals surface area contributed by atoms with E-state index < -0.39 is 5.60 Å². The number of H-pyrrole nitrogens is 1. The monoisotopic (exact) mass is 314 g/mol. The van der Waals surface area contributed by atoms with Gasteiger partial charge in [0.25, 0.3) is 0 Å². The summed E-state index contributed by atoms with van der Waals surface area (Å²) in [5.41, 5.74) is 2.76. The molecule has 1 aromatic heterocycles. The van der Waals surface area contributed by atoms with E-state index in [4.69, 9.17) is 0 Å². The highest BCUT2D eigenvalue weighted by Crippen LogP contribution is 2.30. The maximum absolute atomic E-state index is 12.5. The number of nitrogens with one attached hydrogen (secondary N) is 1. The number of aliphatic hydroxyl groups is 1. The lowest BCUT2D eigenvalue weighted by Gasteiger charge is -2.28. The lowest BCUT2D eigenvalue weighted by Crippen LogP contribution is -2.42. The van der Waals surface area contributed by atoms with Gasteiger partial charge in [-0.3, -0.25) is 4.79 Å². The molecule has 23 heavy (non-hydrogen) atoms. The van der Waals surface area contributed by atoms with Crippen LogP contribution in [0, 0.1) is 0 Å². The van der Waals surface area contributed by atoms with Gasteiger partial charge in [-0.15, -0.1) is 0 Å². The summed E-state index contributed by atoms with van der Waals surface area (Å²) < 4.78 is 0. The Hall–Kier alpha value is -1.81. The molecule has 0 unspecified atom stereocenters. The number of hydrogen-bond acceptors (Lipinski definition) is 2. The fourth-order valence-corrected chi connectivity index (χ4v) is 3.73. The standard InChI is InChI=1S/C19H26N2O2/c1-3-14-7-6-8-16-15(12-20-18(14)16)11-17(22)21(2)13-19(23)9-4-5-10-19/h6-8,12,20,23H,3-5,9-11,13H2,1-2H3. The summed E-state index contributed by atoms with van der Waals surface area (Å²) >= 11 is 0. The Morgan fingerprint density at radius 3 is 2.74 bits per heavy atom. The Labute approximate surface area is 137 Å². The molecular weight excluding hydrogens is 288 g/mol. The van der Waals surface area contributed by atoms with Gasteiger partial charge in [-0.05, 0) is 30.4 Å². The SMILES string of the molecule is CCc1cccc2c(CC(=O)N(C)CC3(O)CCCC3)c[nH]c12. The second-order valence-corrected chi connectivity index (χ2v) is 6.87. The topological polar surface area (TPSA) is 56.3 Å². The molecule has 0 spiro atoms. The van der Waals surface area contributed by atoms with Gasteiger partial charge in [-0.1, -0.05) is 38.0 Å². The summed E-state index contributed by atoms with van der Waals surface area (Å²) in [5.74, 6) is 0.0631. The quantitative estimate of drug-likeness (QED) is 0.891. The number of rotatable bonds is 5. The predicted molar refractivity (Wildman–Crippen MR) is 92.4 cm³/mol. The molecule has 1 aliphatic rings. The number of carbonyl (C=O) groups is 1. The van der Waals surface area contributed by atoms with Crippen LogP contribution in [0.15, 0.2) is 24.4 Å². The van der Waals surface area contributed by atoms with Gasteiger partial charge in [0.1, 0.15) is 0 Å². The van der Waals surface area contributed by atoms with E-state index in [0.29, 0.717) is 13.0 Å². The van der Waals surface area contributed by atoms with E-state index >= 15 is 0 Å². The van der Waals surface area contributed by atoms with Crippen LogP contribution in [0.5, 0.6) is 0 Å². The van der Waals surface area contributed by atoms with Gasteiger partial charge in [0, 0.05) is 30.7 Å². The van der Waals surface area contributed by atoms with Crippen molar-refractivity contribution in [1.29, 1.82) is 0 Å². The fraction of sp³-hybridized carbons (Fsp3) is 0.526. The van der Waals surface area contributed by atoms with Crippen molar-refractivity contribution in [2.24, 2.45) is 0 Å². The normalized spacial score (nSPS) is 16.8. The first-order valence-electron chi connectivity index (χ1n) is 8.56. The number of likely N-dealkylation sites (N-methyl/N-ethyl adjacent to an activating group) is 1. The van der Waals surface area contributed by atoms with Crippen LogP contribution in [0.4, 0.5) is 0 Å². The fourth-order valence-electron chi connectivity index (χ4n) is 3.73. The van der Waals surface area contributed by atoms with E-state index in [1.54, 1.807) is 11.9 Å². The zero-order valence-corrected chi connectivity index (χ0v) is 14.1. The average Bonchev–Trinajstić information content (AvgIpc) is 3.14. The molecule has 0 saturated heterocycles. The number of amides is 1. The van der Waals surface area contributed by atoms with E-state index in [0.717, 1.165) is 48.6 Å². The molecule has 1 aromatic carbocycles. The molecular formula is C19H26N2O2. The zero-order chi connectivity index (χ0) is 16.4. The molecule has 4 nitrogen and oxygen atoms in total. The predicted octanol–water partition coefficient (Wildman–Crippen LogP) is 3.04. The average molecular weight is 314 g/mol. The Morgan fingerprint density at radius 1 is 1.30 bits per heavy atom. The maximum atomic E-state index is 12.5. The van der Waals surface area contributed by atoms with Crippen molar-refractivity contribution in [3.05, 3.63) is 35.5 Å². The second-order valence-electron chi connectivity index (χ2n) is 6.87. The summed E-state index contributed by atoms with van der Waals surface area (Å²) in [6.07, 6.45) is 7.01. The molecule has 0 aliphatic heterocycles. The van der Waals surface area contributed by atoms with Crippen molar-refractivity contribution >= 4 is 16.8 Å². The van der Waals surface area contributed by atoms with E-state index in [9.17, 15) is 9.90 Å². The smallest absolute Gasteiger partial charge is 0.226 e. The Morgan fingerprint density at radius 2 is 2.04 bits per heavy atom. The Bertz CT molecular complexity index is 698. The van der Waals surface area contributed by atoms with Gasteiger partial charge in [0.05, 0.1) is 12.0 Å². The molecule has 2 N–H and O–H groups in total. The molecule has 0 radical (unpaired) electrons. The molecule has 2 aromatic rings. The van der Waals surface area contributed by atoms with Crippen LogP contribution in [0.25, 0.3) is 10.9 Å². The zero-order valence-electron chi connectivity index (χ0n) is 14.1. The third-order valence-corrected chi connectivity index (χ3v) is 5.10. The van der Waals surface area contributed by atoms with Crippen molar-refractivity contribution in [3.63, 3.8) is 0 Å². The minimum Gasteiger partial charge on any atom is -0.388 e. The number of aromatic amines is 1. The van der Waals surface area contributed by atoms with Crippen molar-refractivity contribution < 1.29 is 9.90 Å². The first-order chi connectivity index (χ1) is 11.0. The Kier molecular flexibility index (Phi) is 4.44.